The Bertz CT molecular complexity index is 579. The number of ether oxygens (including phenoxy) is 1. The van der Waals surface area contributed by atoms with Crippen molar-refractivity contribution in [1.82, 2.24) is 19.7 Å². The molecule has 94 valence electrons. The molecule has 2 rings (SSSR count). The summed E-state index contributed by atoms with van der Waals surface area (Å²) >= 11 is 0. The minimum Gasteiger partial charge on any atom is -0.477 e. The van der Waals surface area contributed by atoms with E-state index >= 15 is 0 Å². The average Bonchev–Trinajstić information content (AvgIpc) is 2.76. The number of aromatic nitrogens is 4. The molecule has 18 heavy (non-hydrogen) atoms. The van der Waals surface area contributed by atoms with Gasteiger partial charge in [-0.25, -0.2) is 9.78 Å². The Kier molecular flexibility index (Phi) is 3.22. The van der Waals surface area contributed by atoms with E-state index in [9.17, 15) is 4.79 Å². The van der Waals surface area contributed by atoms with Gasteiger partial charge in [-0.1, -0.05) is 0 Å². The molecule has 0 aliphatic heterocycles. The molecular weight excluding hydrogens is 236 g/mol. The molecule has 2 aromatic rings. The fourth-order valence-electron chi connectivity index (χ4n) is 1.36. The molecule has 1 N–H and O–H groups in total. The lowest BCUT2D eigenvalue weighted by Crippen LogP contribution is -2.04. The van der Waals surface area contributed by atoms with Gasteiger partial charge >= 0.3 is 5.97 Å². The van der Waals surface area contributed by atoms with Crippen molar-refractivity contribution >= 4 is 5.97 Å². The Hall–Kier alpha value is -2.44. The van der Waals surface area contributed by atoms with Crippen molar-refractivity contribution < 1.29 is 14.6 Å². The van der Waals surface area contributed by atoms with E-state index in [0.29, 0.717) is 18.1 Å². The Balaban J connectivity index is 2.32. The minimum absolute atomic E-state index is 0.0191. The summed E-state index contributed by atoms with van der Waals surface area (Å²) in [4.78, 5) is 18.8. The summed E-state index contributed by atoms with van der Waals surface area (Å²) in [6, 6.07) is 0. The summed E-state index contributed by atoms with van der Waals surface area (Å²) in [5, 5.41) is 13.0. The van der Waals surface area contributed by atoms with E-state index in [1.165, 1.54) is 12.4 Å². The summed E-state index contributed by atoms with van der Waals surface area (Å²) < 4.78 is 7.09. The van der Waals surface area contributed by atoms with Gasteiger partial charge in [-0.15, -0.1) is 0 Å². The van der Waals surface area contributed by atoms with E-state index < -0.39 is 5.97 Å². The third kappa shape index (κ3) is 2.45. The number of aromatic carboxylic acids is 1. The molecule has 2 aromatic heterocycles. The van der Waals surface area contributed by atoms with Crippen molar-refractivity contribution in [2.24, 2.45) is 0 Å². The van der Waals surface area contributed by atoms with Crippen molar-refractivity contribution in [1.29, 1.82) is 0 Å². The lowest BCUT2D eigenvalue weighted by molar-refractivity contribution is 0.0693. The van der Waals surface area contributed by atoms with Crippen LogP contribution in [0.25, 0.3) is 0 Å². The lowest BCUT2D eigenvalue weighted by Gasteiger charge is -2.05. The molecule has 0 saturated heterocycles. The SMILES string of the molecule is CCn1cc(Oc2nc(C)ncc2C(=O)O)cn1. The predicted octanol–water partition coefficient (Wildman–Crippen LogP) is 1.49. The summed E-state index contributed by atoms with van der Waals surface area (Å²) in [5.74, 6) is -0.228. The number of carbonyl (C=O) groups is 1. The summed E-state index contributed by atoms with van der Waals surface area (Å²) in [5.41, 5.74) is -0.0788. The number of rotatable bonds is 4. The molecule has 0 unspecified atom stereocenters. The molecule has 0 aliphatic rings. The average molecular weight is 248 g/mol. The first-order valence-corrected chi connectivity index (χ1v) is 5.37. The van der Waals surface area contributed by atoms with Crippen LogP contribution in [-0.2, 0) is 6.54 Å². The third-order valence-electron chi connectivity index (χ3n) is 2.25. The second-order valence-corrected chi connectivity index (χ2v) is 3.57. The quantitative estimate of drug-likeness (QED) is 0.881. The number of carboxylic acids is 1. The van der Waals surface area contributed by atoms with Crippen LogP contribution in [0.4, 0.5) is 0 Å². The van der Waals surface area contributed by atoms with Gasteiger partial charge in [-0.3, -0.25) is 4.68 Å². The zero-order valence-corrected chi connectivity index (χ0v) is 9.99. The zero-order valence-electron chi connectivity index (χ0n) is 9.99. The maximum absolute atomic E-state index is 11.0. The van der Waals surface area contributed by atoms with E-state index in [4.69, 9.17) is 9.84 Å². The number of nitrogens with zero attached hydrogens (tertiary/aromatic N) is 4. The van der Waals surface area contributed by atoms with E-state index in [1.54, 1.807) is 17.8 Å². The van der Waals surface area contributed by atoms with Crippen LogP contribution in [0.2, 0.25) is 0 Å². The van der Waals surface area contributed by atoms with Crippen molar-refractivity contribution in [3.8, 4) is 11.6 Å². The first-order valence-electron chi connectivity index (χ1n) is 5.37. The van der Waals surface area contributed by atoms with Gasteiger partial charge in [0.05, 0.1) is 12.4 Å². The van der Waals surface area contributed by atoms with Crippen molar-refractivity contribution in [2.75, 3.05) is 0 Å². The summed E-state index contributed by atoms with van der Waals surface area (Å²) in [6.07, 6.45) is 4.40. The summed E-state index contributed by atoms with van der Waals surface area (Å²) in [6.45, 7) is 4.31. The number of carboxylic acid groups (broad SMARTS) is 1. The van der Waals surface area contributed by atoms with Crippen LogP contribution >= 0.6 is 0 Å². The first kappa shape index (κ1) is 12.0. The zero-order chi connectivity index (χ0) is 13.1. The van der Waals surface area contributed by atoms with Gasteiger partial charge in [0.2, 0.25) is 5.88 Å². The fraction of sp³-hybridized carbons (Fsp3) is 0.273. The van der Waals surface area contributed by atoms with Crippen LogP contribution in [0, 0.1) is 6.92 Å². The van der Waals surface area contributed by atoms with Gasteiger partial charge < -0.3 is 9.84 Å². The smallest absolute Gasteiger partial charge is 0.342 e. The topological polar surface area (TPSA) is 90.1 Å². The molecule has 0 aliphatic carbocycles. The molecule has 0 radical (unpaired) electrons. The summed E-state index contributed by atoms with van der Waals surface area (Å²) in [7, 11) is 0. The molecule has 0 fully saturated rings. The van der Waals surface area contributed by atoms with E-state index in [1.807, 2.05) is 6.92 Å². The van der Waals surface area contributed by atoms with Crippen LogP contribution in [0.1, 0.15) is 23.1 Å². The van der Waals surface area contributed by atoms with E-state index in [2.05, 4.69) is 15.1 Å². The number of aryl methyl sites for hydroxylation is 2. The third-order valence-corrected chi connectivity index (χ3v) is 2.25. The largest absolute Gasteiger partial charge is 0.477 e. The molecule has 0 aromatic carbocycles. The normalized spacial score (nSPS) is 10.3. The Morgan fingerprint density at radius 2 is 2.28 bits per heavy atom. The predicted molar refractivity (Wildman–Crippen MR) is 61.7 cm³/mol. The van der Waals surface area contributed by atoms with Crippen LogP contribution in [0.15, 0.2) is 18.6 Å². The van der Waals surface area contributed by atoms with Crippen LogP contribution in [0.5, 0.6) is 11.6 Å². The molecule has 0 saturated carbocycles. The van der Waals surface area contributed by atoms with Gasteiger partial charge in [-0.2, -0.15) is 10.1 Å². The highest BCUT2D eigenvalue weighted by atomic mass is 16.5. The lowest BCUT2D eigenvalue weighted by atomic mass is 10.3. The Morgan fingerprint density at radius 3 is 2.89 bits per heavy atom. The molecule has 2 heterocycles. The number of hydrogen-bond acceptors (Lipinski definition) is 5. The highest BCUT2D eigenvalue weighted by molar-refractivity contribution is 5.89. The van der Waals surface area contributed by atoms with E-state index in [-0.39, 0.29) is 11.4 Å². The minimum atomic E-state index is -1.13. The van der Waals surface area contributed by atoms with Gasteiger partial charge in [0.15, 0.2) is 5.75 Å². The van der Waals surface area contributed by atoms with Crippen LogP contribution in [0.3, 0.4) is 0 Å². The molecular formula is C11H12N4O3. The van der Waals surface area contributed by atoms with Crippen molar-refractivity contribution in [3.63, 3.8) is 0 Å². The molecule has 0 amide bonds. The molecule has 0 atom stereocenters. The van der Waals surface area contributed by atoms with Crippen LogP contribution in [-0.4, -0.2) is 30.8 Å². The van der Waals surface area contributed by atoms with Crippen molar-refractivity contribution in [2.45, 2.75) is 20.4 Å². The molecule has 0 spiro atoms. The molecule has 7 nitrogen and oxygen atoms in total. The standard InChI is InChI=1S/C11H12N4O3/c1-3-15-6-8(4-13-15)18-10-9(11(16)17)5-12-7(2)14-10/h4-6H,3H2,1-2H3,(H,16,17). The highest BCUT2D eigenvalue weighted by Gasteiger charge is 2.15. The first-order chi connectivity index (χ1) is 8.60. The van der Waals surface area contributed by atoms with Gasteiger partial charge in [0, 0.05) is 12.7 Å². The molecule has 0 bridgehead atoms. The number of hydrogen-bond donors (Lipinski definition) is 1. The van der Waals surface area contributed by atoms with Crippen LogP contribution < -0.4 is 4.74 Å². The molecule has 7 heteroatoms. The second-order valence-electron chi connectivity index (χ2n) is 3.57. The highest BCUT2D eigenvalue weighted by Crippen LogP contribution is 2.22. The fourth-order valence-corrected chi connectivity index (χ4v) is 1.36. The van der Waals surface area contributed by atoms with Crippen molar-refractivity contribution in [3.05, 3.63) is 30.0 Å². The Labute approximate surface area is 103 Å². The monoisotopic (exact) mass is 248 g/mol. The second kappa shape index (κ2) is 4.82. The van der Waals surface area contributed by atoms with Gasteiger partial charge in [0.1, 0.15) is 11.4 Å². The van der Waals surface area contributed by atoms with Gasteiger partial charge in [0.25, 0.3) is 0 Å². The maximum atomic E-state index is 11.0. The Morgan fingerprint density at radius 1 is 1.50 bits per heavy atom. The van der Waals surface area contributed by atoms with Gasteiger partial charge in [-0.05, 0) is 13.8 Å². The maximum Gasteiger partial charge on any atom is 0.342 e. The van der Waals surface area contributed by atoms with E-state index in [0.717, 1.165) is 0 Å².